The number of benzene rings is 3. The largest absolute Gasteiger partial charge is 0.485 e. The van der Waals surface area contributed by atoms with E-state index in [2.05, 4.69) is 34.5 Å². The van der Waals surface area contributed by atoms with Crippen LogP contribution in [0.3, 0.4) is 0 Å². The lowest BCUT2D eigenvalue weighted by Gasteiger charge is -2.21. The number of ether oxygens (including phenoxy) is 1. The van der Waals surface area contributed by atoms with Gasteiger partial charge < -0.3 is 9.84 Å². The molecule has 2 unspecified atom stereocenters. The van der Waals surface area contributed by atoms with Crippen LogP contribution in [-0.4, -0.2) is 21.3 Å². The van der Waals surface area contributed by atoms with E-state index in [9.17, 15) is 4.79 Å². The maximum absolute atomic E-state index is 11.0. The van der Waals surface area contributed by atoms with Crippen molar-refractivity contribution >= 4 is 16.9 Å². The van der Waals surface area contributed by atoms with Crippen molar-refractivity contribution in [2.75, 3.05) is 0 Å². The second-order valence-electron chi connectivity index (χ2n) is 7.58. The highest BCUT2D eigenvalue weighted by Gasteiger charge is 2.16. The topological polar surface area (TPSA) is 75.2 Å². The van der Waals surface area contributed by atoms with Crippen LogP contribution in [0.2, 0.25) is 0 Å². The molecule has 2 atom stereocenters. The molecule has 5 heteroatoms. The Hall–Kier alpha value is -3.60. The zero-order valence-corrected chi connectivity index (χ0v) is 16.8. The summed E-state index contributed by atoms with van der Waals surface area (Å²) in [5.41, 5.74) is 4.23. The lowest BCUT2D eigenvalue weighted by molar-refractivity contribution is -0.137. The summed E-state index contributed by atoms with van der Waals surface area (Å²) < 4.78 is 6.40. The summed E-state index contributed by atoms with van der Waals surface area (Å²) in [6, 6.07) is 24.2. The third-order valence-corrected chi connectivity index (χ3v) is 5.31. The van der Waals surface area contributed by atoms with Crippen molar-refractivity contribution in [3.8, 4) is 5.75 Å². The number of aromatic amines is 1. The fraction of sp³-hybridized carbons (Fsp3) is 0.200. The molecular weight excluding hydrogens is 376 g/mol. The van der Waals surface area contributed by atoms with E-state index in [0.717, 1.165) is 34.2 Å². The van der Waals surface area contributed by atoms with Gasteiger partial charge in [-0.2, -0.15) is 5.10 Å². The molecule has 0 saturated heterocycles. The van der Waals surface area contributed by atoms with Crippen molar-refractivity contribution in [1.82, 2.24) is 10.2 Å². The number of hydrogen-bond donors (Lipinski definition) is 2. The Bertz CT molecular complexity index is 1120. The summed E-state index contributed by atoms with van der Waals surface area (Å²) >= 11 is 0. The molecule has 1 aromatic heterocycles. The van der Waals surface area contributed by atoms with E-state index in [1.807, 2.05) is 61.7 Å². The van der Waals surface area contributed by atoms with Gasteiger partial charge in [-0.1, -0.05) is 61.5 Å². The van der Waals surface area contributed by atoms with Gasteiger partial charge in [0.1, 0.15) is 11.9 Å². The first-order chi connectivity index (χ1) is 14.6. The Labute approximate surface area is 175 Å². The zero-order valence-electron chi connectivity index (χ0n) is 16.8. The predicted molar refractivity (Wildman–Crippen MR) is 117 cm³/mol. The minimum Gasteiger partial charge on any atom is -0.485 e. The fourth-order valence-corrected chi connectivity index (χ4v) is 3.63. The number of nitrogens with zero attached hydrogens (tertiary/aromatic N) is 1. The maximum Gasteiger partial charge on any atom is 0.303 e. The van der Waals surface area contributed by atoms with Crippen LogP contribution in [0.5, 0.6) is 5.75 Å². The minimum atomic E-state index is -0.792. The van der Waals surface area contributed by atoms with Crippen molar-refractivity contribution in [2.24, 2.45) is 0 Å². The van der Waals surface area contributed by atoms with Crippen molar-refractivity contribution in [1.29, 1.82) is 0 Å². The van der Waals surface area contributed by atoms with Crippen LogP contribution in [0.1, 0.15) is 42.1 Å². The van der Waals surface area contributed by atoms with Crippen LogP contribution in [0.15, 0.2) is 79.0 Å². The molecule has 30 heavy (non-hydrogen) atoms. The minimum absolute atomic E-state index is 0.0422. The van der Waals surface area contributed by atoms with Crippen LogP contribution in [-0.2, 0) is 11.2 Å². The molecule has 0 radical (unpaired) electrons. The van der Waals surface area contributed by atoms with E-state index in [-0.39, 0.29) is 18.4 Å². The zero-order chi connectivity index (χ0) is 20.9. The van der Waals surface area contributed by atoms with Gasteiger partial charge in [-0.3, -0.25) is 9.89 Å². The van der Waals surface area contributed by atoms with Gasteiger partial charge in [0, 0.05) is 11.8 Å². The average Bonchev–Trinajstić information content (AvgIpc) is 3.22. The maximum atomic E-state index is 11.0. The molecule has 0 fully saturated rings. The van der Waals surface area contributed by atoms with E-state index >= 15 is 0 Å². The number of H-pyrrole nitrogens is 1. The molecular formula is C25H24N2O3. The van der Waals surface area contributed by atoms with Gasteiger partial charge in [-0.15, -0.1) is 0 Å². The fourth-order valence-electron chi connectivity index (χ4n) is 3.63. The first kappa shape index (κ1) is 19.7. The molecule has 5 nitrogen and oxygen atoms in total. The van der Waals surface area contributed by atoms with Gasteiger partial charge >= 0.3 is 5.97 Å². The van der Waals surface area contributed by atoms with Gasteiger partial charge in [-0.25, -0.2) is 0 Å². The number of carbonyl (C=O) groups is 1. The Kier molecular flexibility index (Phi) is 5.80. The lowest BCUT2D eigenvalue weighted by atomic mass is 9.97. The van der Waals surface area contributed by atoms with Crippen LogP contribution in [0, 0.1) is 0 Å². The first-order valence-corrected chi connectivity index (χ1v) is 10.0. The summed E-state index contributed by atoms with van der Waals surface area (Å²) in [7, 11) is 0. The molecule has 152 valence electrons. The molecule has 0 bridgehead atoms. The molecule has 0 aliphatic rings. The molecule has 1 heterocycles. The van der Waals surface area contributed by atoms with Gasteiger partial charge in [0.2, 0.25) is 0 Å². The van der Waals surface area contributed by atoms with Crippen molar-refractivity contribution in [3.63, 3.8) is 0 Å². The number of hydrogen-bond acceptors (Lipinski definition) is 3. The number of fused-ring (bicyclic) bond motifs is 1. The number of aromatic nitrogens is 2. The SMILES string of the molecule is CC(CC(=O)O)c1ccc(OC(Cc2ccccc2)c2ccc3cn[nH]c3c2)cc1. The molecule has 4 rings (SSSR count). The molecule has 2 N–H and O–H groups in total. The first-order valence-electron chi connectivity index (χ1n) is 10.0. The number of carboxylic acids is 1. The third kappa shape index (κ3) is 4.69. The smallest absolute Gasteiger partial charge is 0.303 e. The monoisotopic (exact) mass is 400 g/mol. The average molecular weight is 400 g/mol. The number of nitrogens with one attached hydrogen (secondary N) is 1. The molecule has 0 saturated carbocycles. The highest BCUT2D eigenvalue weighted by Crippen LogP contribution is 2.29. The highest BCUT2D eigenvalue weighted by atomic mass is 16.5. The van der Waals surface area contributed by atoms with Crippen LogP contribution in [0.4, 0.5) is 0 Å². The standard InChI is InChI=1S/C25H24N2O3/c1-17(13-25(28)29)19-9-11-22(12-10-19)30-24(14-18-5-3-2-4-6-18)20-7-8-21-16-26-27-23(21)15-20/h2-12,15-17,24H,13-14H2,1H3,(H,26,27)(H,28,29). The Morgan fingerprint density at radius 2 is 1.77 bits per heavy atom. The summed E-state index contributed by atoms with van der Waals surface area (Å²) in [4.78, 5) is 11.0. The lowest BCUT2D eigenvalue weighted by Crippen LogP contribution is -2.11. The number of carboxylic acid groups (broad SMARTS) is 1. The van der Waals surface area contributed by atoms with E-state index in [1.54, 1.807) is 0 Å². The molecule has 4 aromatic rings. The van der Waals surface area contributed by atoms with Crippen molar-refractivity contribution < 1.29 is 14.6 Å². The van der Waals surface area contributed by atoms with Crippen molar-refractivity contribution in [3.05, 3.63) is 95.7 Å². The van der Waals surface area contributed by atoms with Crippen LogP contribution in [0.25, 0.3) is 10.9 Å². The third-order valence-electron chi connectivity index (χ3n) is 5.31. The van der Waals surface area contributed by atoms with E-state index in [0.29, 0.717) is 0 Å². The van der Waals surface area contributed by atoms with E-state index in [4.69, 9.17) is 9.84 Å². The Balaban J connectivity index is 1.58. The van der Waals surface area contributed by atoms with Crippen molar-refractivity contribution in [2.45, 2.75) is 31.8 Å². The molecule has 0 aliphatic heterocycles. The van der Waals surface area contributed by atoms with Gasteiger partial charge in [0.15, 0.2) is 0 Å². The van der Waals surface area contributed by atoms with E-state index < -0.39 is 5.97 Å². The van der Waals surface area contributed by atoms with E-state index in [1.165, 1.54) is 5.56 Å². The highest BCUT2D eigenvalue weighted by molar-refractivity contribution is 5.78. The second kappa shape index (κ2) is 8.82. The van der Waals surface area contributed by atoms with Crippen LogP contribution >= 0.6 is 0 Å². The van der Waals surface area contributed by atoms with Gasteiger partial charge in [0.05, 0.1) is 18.1 Å². The number of aliphatic carboxylic acids is 1. The summed E-state index contributed by atoms with van der Waals surface area (Å²) in [5.74, 6) is -0.0775. The molecule has 3 aromatic carbocycles. The predicted octanol–water partition coefficient (Wildman–Crippen LogP) is 5.50. The quantitative estimate of drug-likeness (QED) is 0.409. The summed E-state index contributed by atoms with van der Waals surface area (Å²) in [6.45, 7) is 1.92. The van der Waals surface area contributed by atoms with Crippen LogP contribution < -0.4 is 4.74 Å². The Morgan fingerprint density at radius 1 is 1.03 bits per heavy atom. The normalized spacial score (nSPS) is 13.1. The summed E-state index contributed by atoms with van der Waals surface area (Å²) in [5, 5.41) is 17.2. The molecule has 0 spiro atoms. The van der Waals surface area contributed by atoms with Gasteiger partial charge in [0.25, 0.3) is 0 Å². The number of rotatable bonds is 8. The van der Waals surface area contributed by atoms with Gasteiger partial charge in [-0.05, 0) is 40.8 Å². The Morgan fingerprint density at radius 3 is 2.50 bits per heavy atom. The second-order valence-corrected chi connectivity index (χ2v) is 7.58. The molecule has 0 aliphatic carbocycles. The summed E-state index contributed by atoms with van der Waals surface area (Å²) in [6.07, 6.45) is 2.49. The molecule has 0 amide bonds.